The Morgan fingerprint density at radius 2 is 1.94 bits per heavy atom. The van der Waals surface area contributed by atoms with Gasteiger partial charge in [-0.2, -0.15) is 13.2 Å². The Hall–Kier alpha value is -1.03. The molecule has 0 aromatic heterocycles. The summed E-state index contributed by atoms with van der Waals surface area (Å²) in [5, 5.41) is 2.48. The average Bonchev–Trinajstić information content (AvgIpc) is 2.25. The molecular formula is C13H18F3N. The van der Waals surface area contributed by atoms with Crippen LogP contribution in [0.4, 0.5) is 13.2 Å². The molecule has 1 rings (SSSR count). The molecule has 0 heterocycles. The molecule has 1 aromatic carbocycles. The Labute approximate surface area is 100 Å². The fourth-order valence-corrected chi connectivity index (χ4v) is 1.84. The zero-order valence-corrected chi connectivity index (χ0v) is 10.1. The van der Waals surface area contributed by atoms with Gasteiger partial charge in [0.2, 0.25) is 0 Å². The second-order valence-electron chi connectivity index (χ2n) is 4.03. The zero-order chi connectivity index (χ0) is 12.9. The summed E-state index contributed by atoms with van der Waals surface area (Å²) in [6.45, 7) is 3.98. The lowest BCUT2D eigenvalue weighted by molar-refractivity contribution is -0.157. The molecule has 0 amide bonds. The maximum atomic E-state index is 12.8. The van der Waals surface area contributed by atoms with Gasteiger partial charge in [-0.1, -0.05) is 44.5 Å². The molecule has 17 heavy (non-hydrogen) atoms. The number of hydrogen-bond donors (Lipinski definition) is 1. The summed E-state index contributed by atoms with van der Waals surface area (Å²) in [6.07, 6.45) is -2.51. The number of rotatable bonds is 5. The molecule has 96 valence electrons. The van der Waals surface area contributed by atoms with Crippen LogP contribution >= 0.6 is 0 Å². The summed E-state index contributed by atoms with van der Waals surface area (Å²) < 4.78 is 38.5. The van der Waals surface area contributed by atoms with E-state index in [0.717, 1.165) is 18.4 Å². The molecule has 0 saturated carbocycles. The van der Waals surface area contributed by atoms with Crippen LogP contribution in [0.5, 0.6) is 0 Å². The molecule has 0 fully saturated rings. The van der Waals surface area contributed by atoms with Gasteiger partial charge in [0.05, 0.1) is 0 Å². The van der Waals surface area contributed by atoms with Gasteiger partial charge in [0.25, 0.3) is 0 Å². The van der Waals surface area contributed by atoms with E-state index < -0.39 is 12.2 Å². The number of aryl methyl sites for hydroxylation is 1. The van der Waals surface area contributed by atoms with Crippen molar-refractivity contribution in [3.8, 4) is 0 Å². The predicted octanol–water partition coefficient (Wildman–Crippen LogP) is 3.85. The van der Waals surface area contributed by atoms with Crippen molar-refractivity contribution in [2.24, 2.45) is 0 Å². The van der Waals surface area contributed by atoms with Gasteiger partial charge in [-0.3, -0.25) is 0 Å². The topological polar surface area (TPSA) is 12.0 Å². The van der Waals surface area contributed by atoms with Crippen molar-refractivity contribution in [3.05, 3.63) is 35.4 Å². The first kappa shape index (κ1) is 14.0. The molecule has 0 aliphatic rings. The Morgan fingerprint density at radius 3 is 2.47 bits per heavy atom. The highest BCUT2D eigenvalue weighted by Crippen LogP contribution is 2.32. The van der Waals surface area contributed by atoms with E-state index in [0.29, 0.717) is 12.1 Å². The van der Waals surface area contributed by atoms with Gasteiger partial charge in [0, 0.05) is 0 Å². The first-order valence-corrected chi connectivity index (χ1v) is 5.88. The van der Waals surface area contributed by atoms with E-state index in [1.165, 1.54) is 6.07 Å². The maximum absolute atomic E-state index is 12.8. The van der Waals surface area contributed by atoms with E-state index in [9.17, 15) is 13.2 Å². The minimum absolute atomic E-state index is 0.294. The van der Waals surface area contributed by atoms with Gasteiger partial charge in [0.1, 0.15) is 6.04 Å². The fraction of sp³-hybridized carbons (Fsp3) is 0.538. The summed E-state index contributed by atoms with van der Waals surface area (Å²) in [7, 11) is 0. The Balaban J connectivity index is 2.97. The standard InChI is InChI=1S/C13H18F3N/c1-3-6-10-7-5-8-11(9-10)12(17-4-2)13(14,15)16/h5,7-9,12,17H,3-4,6H2,1-2H3. The average molecular weight is 245 g/mol. The second kappa shape index (κ2) is 6.05. The van der Waals surface area contributed by atoms with E-state index in [1.807, 2.05) is 13.0 Å². The lowest BCUT2D eigenvalue weighted by Crippen LogP contribution is -2.34. The highest BCUT2D eigenvalue weighted by molar-refractivity contribution is 5.27. The van der Waals surface area contributed by atoms with E-state index >= 15 is 0 Å². The highest BCUT2D eigenvalue weighted by Gasteiger charge is 2.40. The second-order valence-corrected chi connectivity index (χ2v) is 4.03. The van der Waals surface area contributed by atoms with Crippen LogP contribution in [0.25, 0.3) is 0 Å². The number of halogens is 3. The number of alkyl halides is 3. The highest BCUT2D eigenvalue weighted by atomic mass is 19.4. The molecule has 0 aliphatic heterocycles. The monoisotopic (exact) mass is 245 g/mol. The van der Waals surface area contributed by atoms with Crippen LogP contribution in [0, 0.1) is 0 Å². The fourth-order valence-electron chi connectivity index (χ4n) is 1.84. The van der Waals surface area contributed by atoms with Gasteiger partial charge >= 0.3 is 6.18 Å². The maximum Gasteiger partial charge on any atom is 0.407 e. The summed E-state index contributed by atoms with van der Waals surface area (Å²) in [5.41, 5.74) is 1.25. The van der Waals surface area contributed by atoms with Crippen LogP contribution in [0.2, 0.25) is 0 Å². The van der Waals surface area contributed by atoms with Crippen molar-refractivity contribution < 1.29 is 13.2 Å². The smallest absolute Gasteiger partial charge is 0.303 e. The first-order chi connectivity index (χ1) is 7.99. The quantitative estimate of drug-likeness (QED) is 0.830. The normalized spacial score (nSPS) is 13.7. The van der Waals surface area contributed by atoms with E-state index in [1.54, 1.807) is 19.1 Å². The minimum atomic E-state index is -4.25. The first-order valence-electron chi connectivity index (χ1n) is 5.88. The van der Waals surface area contributed by atoms with E-state index in [4.69, 9.17) is 0 Å². The molecule has 0 bridgehead atoms. The number of nitrogens with one attached hydrogen (secondary N) is 1. The number of benzene rings is 1. The van der Waals surface area contributed by atoms with Crippen LogP contribution < -0.4 is 5.32 Å². The van der Waals surface area contributed by atoms with Crippen LogP contribution in [0.15, 0.2) is 24.3 Å². The third-order valence-electron chi connectivity index (χ3n) is 2.56. The summed E-state index contributed by atoms with van der Waals surface area (Å²) in [6, 6.07) is 5.16. The lowest BCUT2D eigenvalue weighted by Gasteiger charge is -2.21. The van der Waals surface area contributed by atoms with Crippen molar-refractivity contribution in [3.63, 3.8) is 0 Å². The Morgan fingerprint density at radius 1 is 1.24 bits per heavy atom. The van der Waals surface area contributed by atoms with Gasteiger partial charge in [-0.15, -0.1) is 0 Å². The Kier molecular flexibility index (Phi) is 5.00. The minimum Gasteiger partial charge on any atom is -0.303 e. The molecule has 1 atom stereocenters. The molecule has 1 N–H and O–H groups in total. The molecular weight excluding hydrogens is 227 g/mol. The van der Waals surface area contributed by atoms with Crippen LogP contribution in [0.1, 0.15) is 37.4 Å². The molecule has 0 saturated heterocycles. The van der Waals surface area contributed by atoms with Gasteiger partial charge in [-0.05, 0) is 24.1 Å². The van der Waals surface area contributed by atoms with Gasteiger partial charge in [0.15, 0.2) is 0 Å². The molecule has 0 aliphatic carbocycles. The SMILES string of the molecule is CCCc1cccc(C(NCC)C(F)(F)F)c1. The molecule has 1 aromatic rings. The molecule has 1 nitrogen and oxygen atoms in total. The molecule has 1 unspecified atom stereocenters. The van der Waals surface area contributed by atoms with Crippen LogP contribution in [-0.4, -0.2) is 12.7 Å². The van der Waals surface area contributed by atoms with Gasteiger partial charge in [-0.25, -0.2) is 0 Å². The molecule has 0 spiro atoms. The third-order valence-corrected chi connectivity index (χ3v) is 2.56. The van der Waals surface area contributed by atoms with Crippen molar-refractivity contribution in [1.82, 2.24) is 5.32 Å². The molecule has 4 heteroatoms. The van der Waals surface area contributed by atoms with Crippen molar-refractivity contribution >= 4 is 0 Å². The van der Waals surface area contributed by atoms with Gasteiger partial charge < -0.3 is 5.32 Å². The van der Waals surface area contributed by atoms with Crippen LogP contribution in [-0.2, 0) is 6.42 Å². The third kappa shape index (κ3) is 4.04. The van der Waals surface area contributed by atoms with Crippen molar-refractivity contribution in [2.45, 2.75) is 38.9 Å². The van der Waals surface area contributed by atoms with Crippen LogP contribution in [0.3, 0.4) is 0 Å². The molecule has 0 radical (unpaired) electrons. The van der Waals surface area contributed by atoms with Crippen molar-refractivity contribution in [2.75, 3.05) is 6.54 Å². The van der Waals surface area contributed by atoms with Crippen molar-refractivity contribution in [1.29, 1.82) is 0 Å². The predicted molar refractivity (Wildman–Crippen MR) is 62.9 cm³/mol. The number of hydrogen-bond acceptors (Lipinski definition) is 1. The van der Waals surface area contributed by atoms with E-state index in [-0.39, 0.29) is 0 Å². The summed E-state index contributed by atoms with van der Waals surface area (Å²) in [5.74, 6) is 0. The largest absolute Gasteiger partial charge is 0.407 e. The lowest BCUT2D eigenvalue weighted by atomic mass is 10.0. The van der Waals surface area contributed by atoms with E-state index in [2.05, 4.69) is 5.32 Å². The zero-order valence-electron chi connectivity index (χ0n) is 10.1. The summed E-state index contributed by atoms with van der Waals surface area (Å²) in [4.78, 5) is 0. The summed E-state index contributed by atoms with van der Waals surface area (Å²) >= 11 is 0. The Bertz CT molecular complexity index is 347.